The first-order valence-corrected chi connectivity index (χ1v) is 5.83. The Hall–Kier alpha value is -1.43. The molecule has 1 aromatic carbocycles. The largest absolute Gasteiger partial charge is 0.352 e. The average Bonchev–Trinajstić information content (AvgIpc) is 2.28. The normalized spacial score (nSPS) is 9.88. The van der Waals surface area contributed by atoms with E-state index in [9.17, 15) is 14.9 Å². The molecular weight excluding hydrogens is 276 g/mol. The third-order valence-corrected chi connectivity index (χ3v) is 2.63. The van der Waals surface area contributed by atoms with Crippen LogP contribution in [0.1, 0.15) is 22.8 Å². The van der Waals surface area contributed by atoms with Gasteiger partial charge in [0.1, 0.15) is 0 Å². The van der Waals surface area contributed by atoms with Crippen LogP contribution >= 0.6 is 15.9 Å². The topological polar surface area (TPSA) is 72.2 Å². The van der Waals surface area contributed by atoms with Gasteiger partial charge in [-0.05, 0) is 13.0 Å². The van der Waals surface area contributed by atoms with Crippen molar-refractivity contribution in [1.82, 2.24) is 5.32 Å². The molecule has 0 heterocycles. The lowest BCUT2D eigenvalue weighted by atomic mass is 10.1. The van der Waals surface area contributed by atoms with E-state index in [4.69, 9.17) is 0 Å². The van der Waals surface area contributed by atoms with Gasteiger partial charge in [-0.2, -0.15) is 0 Å². The predicted octanol–water partition coefficient (Wildman–Crippen LogP) is 2.24. The van der Waals surface area contributed by atoms with Gasteiger partial charge in [-0.1, -0.05) is 22.0 Å². The fourth-order valence-corrected chi connectivity index (χ4v) is 1.72. The number of nitro groups is 1. The van der Waals surface area contributed by atoms with Crippen molar-refractivity contribution in [3.63, 3.8) is 0 Å². The smallest absolute Gasteiger partial charge is 0.274 e. The van der Waals surface area contributed by atoms with Crippen LogP contribution in [0.3, 0.4) is 0 Å². The standard InChI is InChI=1S/C10H11BrN2O3/c1-2-12-10(14)7-3-4-8(6-11)9(5-7)13(15)16/h3-5H,2,6H2,1H3,(H,12,14). The highest BCUT2D eigenvalue weighted by molar-refractivity contribution is 9.08. The Kier molecular flexibility index (Phi) is 4.42. The summed E-state index contributed by atoms with van der Waals surface area (Å²) >= 11 is 3.16. The summed E-state index contributed by atoms with van der Waals surface area (Å²) in [6, 6.07) is 4.45. The lowest BCUT2D eigenvalue weighted by Crippen LogP contribution is -2.22. The number of hydrogen-bond acceptors (Lipinski definition) is 3. The Morgan fingerprint density at radius 1 is 1.56 bits per heavy atom. The quantitative estimate of drug-likeness (QED) is 0.524. The fourth-order valence-electron chi connectivity index (χ4n) is 1.25. The van der Waals surface area contributed by atoms with Gasteiger partial charge in [0.25, 0.3) is 11.6 Å². The van der Waals surface area contributed by atoms with E-state index in [1.807, 2.05) is 0 Å². The van der Waals surface area contributed by atoms with Crippen molar-refractivity contribution >= 4 is 27.5 Å². The van der Waals surface area contributed by atoms with Gasteiger partial charge in [0.2, 0.25) is 0 Å². The molecule has 0 aromatic heterocycles. The maximum Gasteiger partial charge on any atom is 0.274 e. The molecule has 5 nitrogen and oxygen atoms in total. The van der Waals surface area contributed by atoms with Crippen molar-refractivity contribution < 1.29 is 9.72 Å². The Balaban J connectivity index is 3.11. The molecule has 1 N–H and O–H groups in total. The van der Waals surface area contributed by atoms with Crippen LogP contribution in [0.25, 0.3) is 0 Å². The van der Waals surface area contributed by atoms with E-state index < -0.39 is 4.92 Å². The minimum Gasteiger partial charge on any atom is -0.352 e. The van der Waals surface area contributed by atoms with Gasteiger partial charge in [0.15, 0.2) is 0 Å². The number of amides is 1. The Morgan fingerprint density at radius 2 is 2.25 bits per heavy atom. The second kappa shape index (κ2) is 5.60. The van der Waals surface area contributed by atoms with Crippen LogP contribution < -0.4 is 5.32 Å². The van der Waals surface area contributed by atoms with Gasteiger partial charge in [-0.3, -0.25) is 14.9 Å². The maximum atomic E-state index is 11.5. The summed E-state index contributed by atoms with van der Waals surface area (Å²) in [7, 11) is 0. The second-order valence-electron chi connectivity index (χ2n) is 3.09. The highest BCUT2D eigenvalue weighted by Crippen LogP contribution is 2.22. The van der Waals surface area contributed by atoms with Crippen LogP contribution in [-0.2, 0) is 5.33 Å². The second-order valence-corrected chi connectivity index (χ2v) is 3.65. The van der Waals surface area contributed by atoms with Gasteiger partial charge >= 0.3 is 0 Å². The van der Waals surface area contributed by atoms with Crippen LogP contribution in [0.5, 0.6) is 0 Å². The number of hydrogen-bond donors (Lipinski definition) is 1. The third kappa shape index (κ3) is 2.79. The van der Waals surface area contributed by atoms with Crippen LogP contribution in [-0.4, -0.2) is 17.4 Å². The van der Waals surface area contributed by atoms with Gasteiger partial charge in [0.05, 0.1) is 4.92 Å². The SMILES string of the molecule is CCNC(=O)c1ccc(CBr)c([N+](=O)[O-])c1. The monoisotopic (exact) mass is 286 g/mol. The number of benzene rings is 1. The van der Waals surface area contributed by atoms with E-state index >= 15 is 0 Å². The van der Waals surface area contributed by atoms with Crippen molar-refractivity contribution in [2.75, 3.05) is 6.54 Å². The number of carbonyl (C=O) groups is 1. The average molecular weight is 287 g/mol. The molecule has 6 heteroatoms. The molecule has 0 bridgehead atoms. The summed E-state index contributed by atoms with van der Waals surface area (Å²) in [5.41, 5.74) is 0.817. The highest BCUT2D eigenvalue weighted by Gasteiger charge is 2.16. The molecule has 1 amide bonds. The van der Waals surface area contributed by atoms with E-state index in [-0.39, 0.29) is 11.6 Å². The molecule has 0 aliphatic rings. The van der Waals surface area contributed by atoms with Crippen LogP contribution in [0.4, 0.5) is 5.69 Å². The minimum atomic E-state index is -0.487. The zero-order valence-electron chi connectivity index (χ0n) is 8.70. The maximum absolute atomic E-state index is 11.5. The summed E-state index contributed by atoms with van der Waals surface area (Å²) in [4.78, 5) is 21.8. The molecule has 1 aromatic rings. The molecule has 16 heavy (non-hydrogen) atoms. The summed E-state index contributed by atoms with van der Waals surface area (Å²) in [6.07, 6.45) is 0. The Labute approximate surface area is 101 Å². The van der Waals surface area contributed by atoms with E-state index in [1.165, 1.54) is 6.07 Å². The van der Waals surface area contributed by atoms with E-state index in [0.29, 0.717) is 23.0 Å². The first-order chi connectivity index (χ1) is 7.60. The van der Waals surface area contributed by atoms with Gasteiger partial charge < -0.3 is 5.32 Å². The lowest BCUT2D eigenvalue weighted by molar-refractivity contribution is -0.385. The van der Waals surface area contributed by atoms with Crippen molar-refractivity contribution in [3.05, 3.63) is 39.4 Å². The lowest BCUT2D eigenvalue weighted by Gasteiger charge is -2.04. The summed E-state index contributed by atoms with van der Waals surface area (Å²) < 4.78 is 0. The molecule has 86 valence electrons. The Morgan fingerprint density at radius 3 is 2.75 bits per heavy atom. The first-order valence-electron chi connectivity index (χ1n) is 4.71. The summed E-state index contributed by atoms with van der Waals surface area (Å²) in [6.45, 7) is 2.28. The molecule has 0 fully saturated rings. The molecule has 0 radical (unpaired) electrons. The van der Waals surface area contributed by atoms with Gasteiger partial charge in [-0.25, -0.2) is 0 Å². The number of carbonyl (C=O) groups excluding carboxylic acids is 1. The van der Waals surface area contributed by atoms with Crippen LogP contribution in [0.15, 0.2) is 18.2 Å². The molecule has 0 saturated heterocycles. The molecule has 0 unspecified atom stereocenters. The van der Waals surface area contributed by atoms with Crippen molar-refractivity contribution in [3.8, 4) is 0 Å². The number of nitro benzene ring substituents is 1. The molecule has 1 rings (SSSR count). The third-order valence-electron chi connectivity index (χ3n) is 2.03. The fraction of sp³-hybridized carbons (Fsp3) is 0.300. The van der Waals surface area contributed by atoms with Crippen LogP contribution in [0, 0.1) is 10.1 Å². The number of halogens is 1. The number of rotatable bonds is 4. The zero-order chi connectivity index (χ0) is 12.1. The summed E-state index contributed by atoms with van der Waals surface area (Å²) in [5, 5.41) is 13.7. The Bertz CT molecular complexity index is 421. The highest BCUT2D eigenvalue weighted by atomic mass is 79.9. The predicted molar refractivity (Wildman–Crippen MR) is 63.7 cm³/mol. The van der Waals surface area contributed by atoms with Crippen LogP contribution in [0.2, 0.25) is 0 Å². The number of alkyl halides is 1. The summed E-state index contributed by atoms with van der Waals surface area (Å²) in [5.74, 6) is -0.299. The molecule has 0 aliphatic carbocycles. The zero-order valence-corrected chi connectivity index (χ0v) is 10.3. The van der Waals surface area contributed by atoms with Gasteiger partial charge in [0, 0.05) is 29.1 Å². The van der Waals surface area contributed by atoms with E-state index in [2.05, 4.69) is 21.2 Å². The van der Waals surface area contributed by atoms with Crippen molar-refractivity contribution in [2.24, 2.45) is 0 Å². The molecule has 0 saturated carbocycles. The molecule has 0 aliphatic heterocycles. The van der Waals surface area contributed by atoms with E-state index in [0.717, 1.165) is 0 Å². The molecule has 0 atom stereocenters. The van der Waals surface area contributed by atoms with Crippen molar-refractivity contribution in [1.29, 1.82) is 0 Å². The van der Waals surface area contributed by atoms with E-state index in [1.54, 1.807) is 19.1 Å². The number of nitrogens with one attached hydrogen (secondary N) is 1. The van der Waals surface area contributed by atoms with Crippen molar-refractivity contribution in [2.45, 2.75) is 12.3 Å². The molecular formula is C10H11BrN2O3. The first kappa shape index (κ1) is 12.6. The van der Waals surface area contributed by atoms with Gasteiger partial charge in [-0.15, -0.1) is 0 Å². The molecule has 0 spiro atoms. The minimum absolute atomic E-state index is 0.0411. The number of nitrogens with zero attached hydrogens (tertiary/aromatic N) is 1.